The van der Waals surface area contributed by atoms with E-state index < -0.39 is 0 Å². The molecule has 0 saturated heterocycles. The summed E-state index contributed by atoms with van der Waals surface area (Å²) >= 11 is 11.9. The summed E-state index contributed by atoms with van der Waals surface area (Å²) in [6, 6.07) is 12.6. The van der Waals surface area contributed by atoms with Gasteiger partial charge in [0.1, 0.15) is 5.75 Å². The summed E-state index contributed by atoms with van der Waals surface area (Å²) in [6.45, 7) is 4.15. The maximum absolute atomic E-state index is 11.9. The van der Waals surface area contributed by atoms with Gasteiger partial charge in [0, 0.05) is 5.02 Å². The van der Waals surface area contributed by atoms with E-state index in [9.17, 15) is 4.79 Å². The average molecular weight is 338 g/mol. The van der Waals surface area contributed by atoms with Crippen molar-refractivity contribution in [2.45, 2.75) is 19.8 Å². The topological polar surface area (TPSA) is 38.3 Å². The summed E-state index contributed by atoms with van der Waals surface area (Å²) in [6.07, 6.45) is 0. The molecule has 0 aliphatic carbocycles. The molecule has 2 aromatic rings. The van der Waals surface area contributed by atoms with E-state index in [1.807, 2.05) is 24.3 Å². The quantitative estimate of drug-likeness (QED) is 0.820. The predicted octanol–water partition coefficient (Wildman–Crippen LogP) is 5.13. The van der Waals surface area contributed by atoms with Crippen molar-refractivity contribution >= 4 is 34.8 Å². The number of hydrogen-bond acceptors (Lipinski definition) is 2. The highest BCUT2D eigenvalue weighted by Gasteiger charge is 2.08. The van der Waals surface area contributed by atoms with E-state index in [0.717, 1.165) is 0 Å². The molecule has 1 N–H and O–H groups in total. The number of ether oxygens (including phenoxy) is 1. The summed E-state index contributed by atoms with van der Waals surface area (Å²) in [5.74, 6) is 0.816. The molecular weight excluding hydrogens is 321 g/mol. The van der Waals surface area contributed by atoms with E-state index in [4.69, 9.17) is 27.9 Å². The van der Waals surface area contributed by atoms with Crippen molar-refractivity contribution in [1.82, 2.24) is 0 Å². The van der Waals surface area contributed by atoms with Crippen LogP contribution in [0.2, 0.25) is 10.0 Å². The molecule has 0 heterocycles. The molecule has 3 nitrogen and oxygen atoms in total. The fraction of sp³-hybridized carbons (Fsp3) is 0.235. The number of anilines is 1. The fourth-order valence-electron chi connectivity index (χ4n) is 1.88. The molecule has 0 radical (unpaired) electrons. The first kappa shape index (κ1) is 16.7. The number of amides is 1. The Labute approximate surface area is 140 Å². The molecule has 0 saturated carbocycles. The van der Waals surface area contributed by atoms with Gasteiger partial charge in [-0.3, -0.25) is 4.79 Å². The van der Waals surface area contributed by atoms with Gasteiger partial charge in [0.05, 0.1) is 10.7 Å². The molecule has 2 rings (SSSR count). The molecule has 0 aliphatic rings. The van der Waals surface area contributed by atoms with Gasteiger partial charge in [-0.1, -0.05) is 49.2 Å². The van der Waals surface area contributed by atoms with Crippen LogP contribution in [0.25, 0.3) is 0 Å². The lowest BCUT2D eigenvalue weighted by molar-refractivity contribution is -0.118. The minimum absolute atomic E-state index is 0.0934. The summed E-state index contributed by atoms with van der Waals surface area (Å²) in [7, 11) is 0. The zero-order chi connectivity index (χ0) is 16.1. The Morgan fingerprint density at radius 3 is 2.45 bits per heavy atom. The summed E-state index contributed by atoms with van der Waals surface area (Å²) in [5, 5.41) is 3.60. The number of halogens is 2. The number of rotatable bonds is 5. The molecule has 0 spiro atoms. The standard InChI is InChI=1S/C17H17Cl2NO2/c1-11(2)12-3-6-14(7-4-12)22-10-17(21)20-16-9-13(18)5-8-15(16)19/h3-9,11H,10H2,1-2H3,(H,20,21). The van der Waals surface area contributed by atoms with E-state index in [0.29, 0.717) is 27.4 Å². The molecule has 0 aliphatic heterocycles. The second kappa shape index (κ2) is 7.52. The van der Waals surface area contributed by atoms with E-state index in [-0.39, 0.29) is 12.5 Å². The summed E-state index contributed by atoms with van der Waals surface area (Å²) in [4.78, 5) is 11.9. The monoisotopic (exact) mass is 337 g/mol. The van der Waals surface area contributed by atoms with Crippen LogP contribution in [0.1, 0.15) is 25.3 Å². The van der Waals surface area contributed by atoms with Crippen LogP contribution in [0.15, 0.2) is 42.5 Å². The van der Waals surface area contributed by atoms with Crippen molar-refractivity contribution in [1.29, 1.82) is 0 Å². The van der Waals surface area contributed by atoms with Gasteiger partial charge in [-0.25, -0.2) is 0 Å². The predicted molar refractivity (Wildman–Crippen MR) is 91.1 cm³/mol. The molecule has 0 unspecified atom stereocenters. The van der Waals surface area contributed by atoms with Crippen molar-refractivity contribution in [3.05, 3.63) is 58.1 Å². The third-order valence-corrected chi connectivity index (χ3v) is 3.68. The molecular formula is C17H17Cl2NO2. The van der Waals surface area contributed by atoms with Crippen LogP contribution in [0.4, 0.5) is 5.69 Å². The number of carbonyl (C=O) groups is 1. The Hall–Kier alpha value is -1.71. The number of carbonyl (C=O) groups excluding carboxylic acids is 1. The Balaban J connectivity index is 1.91. The average Bonchev–Trinajstić information content (AvgIpc) is 2.49. The number of benzene rings is 2. The third-order valence-electron chi connectivity index (χ3n) is 3.12. The largest absolute Gasteiger partial charge is 0.484 e. The van der Waals surface area contributed by atoms with Crippen molar-refractivity contribution in [2.75, 3.05) is 11.9 Å². The molecule has 2 aromatic carbocycles. The van der Waals surface area contributed by atoms with Crippen LogP contribution < -0.4 is 10.1 Å². The van der Waals surface area contributed by atoms with E-state index >= 15 is 0 Å². The van der Waals surface area contributed by atoms with E-state index in [1.165, 1.54) is 5.56 Å². The fourth-order valence-corrected chi connectivity index (χ4v) is 2.21. The SMILES string of the molecule is CC(C)c1ccc(OCC(=O)Nc2cc(Cl)ccc2Cl)cc1. The maximum atomic E-state index is 11.9. The highest BCUT2D eigenvalue weighted by Crippen LogP contribution is 2.25. The Morgan fingerprint density at radius 1 is 1.14 bits per heavy atom. The highest BCUT2D eigenvalue weighted by molar-refractivity contribution is 6.35. The van der Waals surface area contributed by atoms with Gasteiger partial charge >= 0.3 is 0 Å². The molecule has 116 valence electrons. The second-order valence-corrected chi connectivity index (χ2v) is 6.03. The van der Waals surface area contributed by atoms with Gasteiger partial charge < -0.3 is 10.1 Å². The molecule has 1 amide bonds. The highest BCUT2D eigenvalue weighted by atomic mass is 35.5. The molecule has 5 heteroatoms. The van der Waals surface area contributed by atoms with Crippen LogP contribution in [0.3, 0.4) is 0 Å². The van der Waals surface area contributed by atoms with Gasteiger partial charge in [0.25, 0.3) is 5.91 Å². The first-order valence-corrected chi connectivity index (χ1v) is 7.69. The van der Waals surface area contributed by atoms with Crippen molar-refractivity contribution < 1.29 is 9.53 Å². The van der Waals surface area contributed by atoms with Gasteiger partial charge in [-0.2, -0.15) is 0 Å². The first-order valence-electron chi connectivity index (χ1n) is 6.93. The normalized spacial score (nSPS) is 10.6. The van der Waals surface area contributed by atoms with Crippen LogP contribution in [0.5, 0.6) is 5.75 Å². The van der Waals surface area contributed by atoms with E-state index in [1.54, 1.807) is 18.2 Å². The second-order valence-electron chi connectivity index (χ2n) is 5.18. The van der Waals surface area contributed by atoms with Gasteiger partial charge in [-0.15, -0.1) is 0 Å². The smallest absolute Gasteiger partial charge is 0.262 e. The first-order chi connectivity index (χ1) is 10.5. The van der Waals surface area contributed by atoms with Crippen LogP contribution >= 0.6 is 23.2 Å². The van der Waals surface area contributed by atoms with Crippen LogP contribution in [-0.2, 0) is 4.79 Å². The van der Waals surface area contributed by atoms with Gasteiger partial charge in [-0.05, 0) is 41.8 Å². The van der Waals surface area contributed by atoms with Crippen molar-refractivity contribution in [3.8, 4) is 5.75 Å². The Kier molecular flexibility index (Phi) is 5.69. The maximum Gasteiger partial charge on any atom is 0.262 e. The zero-order valence-corrected chi connectivity index (χ0v) is 13.9. The lowest BCUT2D eigenvalue weighted by Gasteiger charge is -2.10. The van der Waals surface area contributed by atoms with Crippen molar-refractivity contribution in [3.63, 3.8) is 0 Å². The number of nitrogens with one attached hydrogen (secondary N) is 1. The van der Waals surface area contributed by atoms with Gasteiger partial charge in [0.15, 0.2) is 6.61 Å². The molecule has 0 atom stereocenters. The molecule has 0 fully saturated rings. The molecule has 0 bridgehead atoms. The Bertz CT molecular complexity index is 654. The molecule has 0 aromatic heterocycles. The lowest BCUT2D eigenvalue weighted by atomic mass is 10.0. The minimum Gasteiger partial charge on any atom is -0.484 e. The third kappa shape index (κ3) is 4.65. The van der Waals surface area contributed by atoms with Crippen molar-refractivity contribution in [2.24, 2.45) is 0 Å². The lowest BCUT2D eigenvalue weighted by Crippen LogP contribution is -2.20. The van der Waals surface area contributed by atoms with E-state index in [2.05, 4.69) is 19.2 Å². The minimum atomic E-state index is -0.294. The van der Waals surface area contributed by atoms with Crippen LogP contribution in [-0.4, -0.2) is 12.5 Å². The summed E-state index contributed by atoms with van der Waals surface area (Å²) < 4.78 is 5.46. The number of hydrogen-bond donors (Lipinski definition) is 1. The van der Waals surface area contributed by atoms with Gasteiger partial charge in [0.2, 0.25) is 0 Å². The molecule has 22 heavy (non-hydrogen) atoms. The van der Waals surface area contributed by atoms with Crippen LogP contribution in [0, 0.1) is 0 Å². The Morgan fingerprint density at radius 2 is 1.82 bits per heavy atom. The zero-order valence-electron chi connectivity index (χ0n) is 12.4. The summed E-state index contributed by atoms with van der Waals surface area (Å²) in [5.41, 5.74) is 1.69.